The largest absolute Gasteiger partial charge is 0.481 e. The number of hydrogen-bond acceptors (Lipinski definition) is 8. The van der Waals surface area contributed by atoms with Crippen LogP contribution in [0.4, 0.5) is 8.78 Å². The van der Waals surface area contributed by atoms with Gasteiger partial charge in [-0.1, -0.05) is 18.2 Å². The lowest BCUT2D eigenvalue weighted by Crippen LogP contribution is -2.60. The molecule has 11 nitrogen and oxygen atoms in total. The third-order valence-electron chi connectivity index (χ3n) is 7.83. The molecule has 2 aliphatic heterocycles. The molecule has 4 aromatic rings. The lowest BCUT2D eigenvalue weighted by Gasteiger charge is -2.41. The SMILES string of the molecule is Cc1ccc(C(CC(=O)O)c2ccn3c(C(F)F)nnc3c2C)cc1CN1CC2(COC2)Oc2ncccc2S1(=O)=O. The van der Waals surface area contributed by atoms with Crippen LogP contribution < -0.4 is 4.74 Å². The van der Waals surface area contributed by atoms with Gasteiger partial charge in [0.05, 0.1) is 26.2 Å². The number of alkyl halides is 2. The third-order valence-corrected chi connectivity index (χ3v) is 9.63. The topological polar surface area (TPSA) is 136 Å². The van der Waals surface area contributed by atoms with Crippen molar-refractivity contribution in [3.05, 3.63) is 82.4 Å². The molecule has 1 spiro atoms. The predicted molar refractivity (Wildman–Crippen MR) is 144 cm³/mol. The summed E-state index contributed by atoms with van der Waals surface area (Å²) in [5.74, 6) is -2.19. The first-order chi connectivity index (χ1) is 20.0. The van der Waals surface area contributed by atoms with Gasteiger partial charge < -0.3 is 14.6 Å². The molecule has 220 valence electrons. The van der Waals surface area contributed by atoms with Crippen molar-refractivity contribution in [2.75, 3.05) is 19.8 Å². The molecular formula is C28H27F2N5O6S. The van der Waals surface area contributed by atoms with E-state index < -0.39 is 39.8 Å². The lowest BCUT2D eigenvalue weighted by atomic mass is 9.85. The van der Waals surface area contributed by atoms with Crippen LogP contribution in [0.25, 0.3) is 5.65 Å². The maximum atomic E-state index is 13.8. The van der Waals surface area contributed by atoms with Crippen LogP contribution in [0.2, 0.25) is 0 Å². The van der Waals surface area contributed by atoms with Gasteiger partial charge in [0.2, 0.25) is 21.7 Å². The predicted octanol–water partition coefficient (Wildman–Crippen LogP) is 3.64. The molecule has 1 fully saturated rings. The highest BCUT2D eigenvalue weighted by molar-refractivity contribution is 7.89. The Bertz CT molecular complexity index is 1810. The Hall–Kier alpha value is -4.01. The first-order valence-electron chi connectivity index (χ1n) is 13.1. The van der Waals surface area contributed by atoms with Crippen LogP contribution in [0.1, 0.15) is 52.4 Å². The number of aryl methyl sites for hydroxylation is 2. The molecule has 0 amide bonds. The Morgan fingerprint density at radius 3 is 2.64 bits per heavy atom. The normalized spacial score (nSPS) is 18.3. The highest BCUT2D eigenvalue weighted by atomic mass is 32.2. The maximum Gasteiger partial charge on any atom is 0.304 e. The van der Waals surface area contributed by atoms with Gasteiger partial charge >= 0.3 is 5.97 Å². The third kappa shape index (κ3) is 4.78. The number of aliphatic carboxylic acids is 1. The van der Waals surface area contributed by atoms with E-state index in [9.17, 15) is 27.1 Å². The summed E-state index contributed by atoms with van der Waals surface area (Å²) in [4.78, 5) is 16.1. The number of carboxylic acids is 1. The number of carboxylic acid groups (broad SMARTS) is 1. The molecule has 3 aromatic heterocycles. The van der Waals surface area contributed by atoms with Gasteiger partial charge in [-0.25, -0.2) is 22.2 Å². The van der Waals surface area contributed by atoms with Crippen molar-refractivity contribution in [1.29, 1.82) is 0 Å². The molecule has 0 saturated carbocycles. The number of halogens is 2. The zero-order valence-electron chi connectivity index (χ0n) is 22.7. The molecule has 1 unspecified atom stereocenters. The number of benzene rings is 1. The Morgan fingerprint density at radius 1 is 1.17 bits per heavy atom. The first-order valence-corrected chi connectivity index (χ1v) is 14.6. The van der Waals surface area contributed by atoms with Gasteiger partial charge in [-0.15, -0.1) is 10.2 Å². The van der Waals surface area contributed by atoms with E-state index in [1.54, 1.807) is 25.1 Å². The van der Waals surface area contributed by atoms with E-state index >= 15 is 0 Å². The monoisotopic (exact) mass is 599 g/mol. The second kappa shape index (κ2) is 10.4. The standard InChI is InChI=1S/C28H27F2N5O6S/c1-16-5-6-18(21(11-23(36)37)20-7-9-35-25(17(20)2)32-33-26(35)24(29)30)10-19(16)12-34-13-28(14-40-15-28)41-27-22(42(34,38)39)4-3-8-31-27/h3-10,21,24H,11-15H2,1-2H3,(H,36,37). The van der Waals surface area contributed by atoms with Crippen molar-refractivity contribution in [1.82, 2.24) is 23.9 Å². The summed E-state index contributed by atoms with van der Waals surface area (Å²) in [7, 11) is -4.00. The fourth-order valence-electron chi connectivity index (χ4n) is 5.54. The van der Waals surface area contributed by atoms with Crippen molar-refractivity contribution in [2.24, 2.45) is 0 Å². The van der Waals surface area contributed by atoms with Gasteiger partial charge in [0.15, 0.2) is 11.2 Å². The van der Waals surface area contributed by atoms with Gasteiger partial charge in [0.1, 0.15) is 4.90 Å². The first kappa shape index (κ1) is 28.1. The molecule has 0 bridgehead atoms. The van der Waals surface area contributed by atoms with E-state index in [1.165, 1.54) is 33.2 Å². The number of nitrogens with zero attached hydrogens (tertiary/aromatic N) is 5. The molecule has 6 rings (SSSR count). The fourth-order valence-corrected chi connectivity index (χ4v) is 7.10. The minimum atomic E-state index is -4.00. The van der Waals surface area contributed by atoms with Gasteiger partial charge in [-0.05, 0) is 59.9 Å². The molecule has 1 atom stereocenters. The highest BCUT2D eigenvalue weighted by Gasteiger charge is 2.49. The number of carbonyl (C=O) groups is 1. The van der Waals surface area contributed by atoms with Crippen LogP contribution in [-0.4, -0.2) is 68.7 Å². The Balaban J connectivity index is 1.40. The van der Waals surface area contributed by atoms with Crippen LogP contribution >= 0.6 is 0 Å². The minimum Gasteiger partial charge on any atom is -0.481 e. The van der Waals surface area contributed by atoms with Crippen LogP contribution in [0, 0.1) is 13.8 Å². The molecular weight excluding hydrogens is 572 g/mol. The number of pyridine rings is 2. The summed E-state index contributed by atoms with van der Waals surface area (Å²) < 4.78 is 68.4. The zero-order valence-corrected chi connectivity index (χ0v) is 23.5. The molecule has 0 radical (unpaired) electrons. The maximum absolute atomic E-state index is 13.8. The summed E-state index contributed by atoms with van der Waals surface area (Å²) >= 11 is 0. The van der Waals surface area contributed by atoms with Gasteiger partial charge in [0, 0.05) is 24.9 Å². The van der Waals surface area contributed by atoms with Gasteiger partial charge in [0.25, 0.3) is 6.43 Å². The van der Waals surface area contributed by atoms with Crippen LogP contribution in [0.3, 0.4) is 0 Å². The molecule has 14 heteroatoms. The summed E-state index contributed by atoms with van der Waals surface area (Å²) in [6, 6.07) is 10.0. The average molecular weight is 600 g/mol. The number of fused-ring (bicyclic) bond motifs is 2. The van der Waals surface area contributed by atoms with Gasteiger partial charge in [-0.2, -0.15) is 4.31 Å². The minimum absolute atomic E-state index is 0.00118. The van der Waals surface area contributed by atoms with Crippen LogP contribution in [0.15, 0.2) is 53.7 Å². The van der Waals surface area contributed by atoms with Crippen molar-refractivity contribution >= 4 is 21.6 Å². The lowest BCUT2D eigenvalue weighted by molar-refractivity contribution is -0.166. The number of hydrogen-bond donors (Lipinski definition) is 1. The van der Waals surface area contributed by atoms with Crippen molar-refractivity contribution in [3.8, 4) is 5.88 Å². The quantitative estimate of drug-likeness (QED) is 0.338. The van der Waals surface area contributed by atoms with E-state index in [-0.39, 0.29) is 49.1 Å². The fraction of sp³-hybridized carbons (Fsp3) is 0.357. The Labute approximate surface area is 239 Å². The summed E-state index contributed by atoms with van der Waals surface area (Å²) in [5, 5.41) is 17.3. The van der Waals surface area contributed by atoms with Crippen molar-refractivity contribution in [3.63, 3.8) is 0 Å². The average Bonchev–Trinajstić information content (AvgIpc) is 3.33. The molecule has 0 aliphatic carbocycles. The second-order valence-electron chi connectivity index (χ2n) is 10.6. The highest BCUT2D eigenvalue weighted by Crippen LogP contribution is 2.38. The summed E-state index contributed by atoms with van der Waals surface area (Å²) in [5.41, 5.74) is 2.57. The number of sulfonamides is 1. The second-order valence-corrected chi connectivity index (χ2v) is 12.5. The summed E-state index contributed by atoms with van der Waals surface area (Å²) in [6.45, 7) is 4.01. The van der Waals surface area contributed by atoms with Crippen molar-refractivity contribution < 1.29 is 36.6 Å². The molecule has 2 aliphatic rings. The van der Waals surface area contributed by atoms with Gasteiger partial charge in [-0.3, -0.25) is 9.20 Å². The van der Waals surface area contributed by atoms with E-state index in [1.807, 2.05) is 13.0 Å². The molecule has 1 saturated heterocycles. The Morgan fingerprint density at radius 2 is 1.95 bits per heavy atom. The van der Waals surface area contributed by atoms with Crippen LogP contribution in [-0.2, 0) is 26.1 Å². The van der Waals surface area contributed by atoms with E-state index in [2.05, 4.69) is 15.2 Å². The van der Waals surface area contributed by atoms with E-state index in [0.717, 1.165) is 5.56 Å². The number of ether oxygens (including phenoxy) is 2. The molecule has 1 N–H and O–H groups in total. The molecule has 1 aromatic carbocycles. The number of aromatic nitrogens is 4. The molecule has 42 heavy (non-hydrogen) atoms. The van der Waals surface area contributed by atoms with E-state index in [4.69, 9.17) is 9.47 Å². The Kier molecular flexibility index (Phi) is 6.94. The van der Waals surface area contributed by atoms with Crippen molar-refractivity contribution in [2.45, 2.75) is 49.7 Å². The summed E-state index contributed by atoms with van der Waals surface area (Å²) in [6.07, 6.45) is -0.224. The van der Waals surface area contributed by atoms with E-state index in [0.29, 0.717) is 22.3 Å². The smallest absolute Gasteiger partial charge is 0.304 e. The zero-order chi connectivity index (χ0) is 29.8. The van der Waals surface area contributed by atoms with Crippen LogP contribution in [0.5, 0.6) is 5.88 Å². The number of rotatable bonds is 7. The molecule has 5 heterocycles.